The van der Waals surface area contributed by atoms with Gasteiger partial charge in [-0.15, -0.1) is 0 Å². The van der Waals surface area contributed by atoms with E-state index in [0.29, 0.717) is 18.8 Å². The molecule has 0 atom stereocenters. The quantitative estimate of drug-likeness (QED) is 0.613. The third kappa shape index (κ3) is 5.87. The molecule has 134 valence electrons. The summed E-state index contributed by atoms with van der Waals surface area (Å²) in [6, 6.07) is -0.223. The van der Waals surface area contributed by atoms with E-state index in [1.165, 1.54) is 0 Å². The molecule has 1 N–H and O–H groups in total. The molecule has 1 rings (SSSR count). The molecule has 0 aromatic carbocycles. The number of nitrogens with one attached hydrogen (secondary N) is 1. The number of amides is 1. The molecule has 0 unspecified atom stereocenters. The second kappa shape index (κ2) is 7.29. The number of carbonyl (C=O) groups is 2. The molecule has 0 aromatic rings. The Labute approximate surface area is 144 Å². The highest BCUT2D eigenvalue weighted by molar-refractivity contribution is 6.17. The maximum atomic E-state index is 12.4. The molecular weight excluding hydrogens is 318 g/mol. The fourth-order valence-corrected chi connectivity index (χ4v) is 3.14. The normalized spacial score (nSPS) is 25.6. The molecular formula is C17H30ClNO4. The van der Waals surface area contributed by atoms with E-state index < -0.39 is 23.2 Å². The van der Waals surface area contributed by atoms with Gasteiger partial charge in [-0.05, 0) is 57.8 Å². The smallest absolute Gasteiger partial charge is 0.408 e. The van der Waals surface area contributed by atoms with Gasteiger partial charge < -0.3 is 14.8 Å². The monoisotopic (exact) mass is 347 g/mol. The van der Waals surface area contributed by atoms with Crippen LogP contribution in [0, 0.1) is 11.3 Å². The second-order valence-corrected chi connectivity index (χ2v) is 8.61. The Kier molecular flexibility index (Phi) is 6.36. The van der Waals surface area contributed by atoms with E-state index in [9.17, 15) is 9.59 Å². The van der Waals surface area contributed by atoms with Crippen LogP contribution in [0.5, 0.6) is 0 Å². The molecule has 1 aliphatic rings. The molecule has 0 saturated heterocycles. The van der Waals surface area contributed by atoms with Gasteiger partial charge in [-0.3, -0.25) is 0 Å². The molecule has 1 fully saturated rings. The Balaban J connectivity index is 2.86. The maximum Gasteiger partial charge on any atom is 0.408 e. The predicted molar refractivity (Wildman–Crippen MR) is 90.3 cm³/mol. The molecule has 1 amide bonds. The summed E-state index contributed by atoms with van der Waals surface area (Å²) < 4.78 is 10.3. The van der Waals surface area contributed by atoms with Crippen LogP contribution in [0.15, 0.2) is 0 Å². The van der Waals surface area contributed by atoms with Crippen LogP contribution in [0.4, 0.5) is 4.79 Å². The van der Waals surface area contributed by atoms with Crippen LogP contribution in [0.1, 0.15) is 67.2 Å². The van der Waals surface area contributed by atoms with E-state index >= 15 is 0 Å². The number of alkyl carbamates (subject to hydrolysis) is 1. The van der Waals surface area contributed by atoms with E-state index in [1.54, 1.807) is 20.8 Å². The van der Waals surface area contributed by atoms with Crippen LogP contribution in [0.25, 0.3) is 0 Å². The third-order valence-corrected chi connectivity index (χ3v) is 4.49. The number of ether oxygens (including phenoxy) is 2. The molecule has 5 nitrogen and oxygen atoms in total. The molecule has 23 heavy (non-hydrogen) atoms. The number of carbonyl (C=O) groups excluding carboxylic acids is 2. The fraction of sp³-hybridized carbons (Fsp3) is 0.882. The van der Waals surface area contributed by atoms with Gasteiger partial charge in [0.05, 0.1) is 0 Å². The fourth-order valence-electron chi connectivity index (χ4n) is 3.04. The van der Waals surface area contributed by atoms with E-state index in [4.69, 9.17) is 21.1 Å². The highest BCUT2D eigenvalue weighted by Gasteiger charge is 2.47. The average molecular weight is 348 g/mol. The van der Waals surface area contributed by atoms with Crippen molar-refractivity contribution in [2.24, 2.45) is 11.3 Å². The maximum absolute atomic E-state index is 12.4. The first kappa shape index (κ1) is 20.1. The lowest BCUT2D eigenvalue weighted by Crippen LogP contribution is -2.58. The molecule has 0 radical (unpaired) electrons. The van der Waals surface area contributed by atoms with Gasteiger partial charge in [0.1, 0.15) is 11.1 Å². The van der Waals surface area contributed by atoms with Crippen LogP contribution >= 0.6 is 11.6 Å². The summed E-state index contributed by atoms with van der Waals surface area (Å²) in [4.78, 5) is 24.5. The van der Waals surface area contributed by atoms with Gasteiger partial charge in [0.25, 0.3) is 0 Å². The molecule has 6 heteroatoms. The molecule has 0 spiro atoms. The predicted octanol–water partition coefficient (Wildman–Crippen LogP) is 4.23. The average Bonchev–Trinajstić information content (AvgIpc) is 2.36. The van der Waals surface area contributed by atoms with E-state index in [1.807, 2.05) is 0 Å². The number of alkyl halides is 1. The van der Waals surface area contributed by atoms with Crippen molar-refractivity contribution in [2.45, 2.75) is 78.4 Å². The third-order valence-electron chi connectivity index (χ3n) is 4.38. The first-order valence-corrected chi connectivity index (χ1v) is 8.67. The number of hydrogen-bond donors (Lipinski definition) is 1. The SMILES string of the molecule is CC(C)(C)OC(=O)NC1(C(=O)OCCl)CCC(C(C)(C)C)CC1. The molecule has 1 saturated carbocycles. The summed E-state index contributed by atoms with van der Waals surface area (Å²) in [5.41, 5.74) is -1.49. The zero-order valence-corrected chi connectivity index (χ0v) is 15.9. The van der Waals surface area contributed by atoms with Crippen molar-refractivity contribution in [1.82, 2.24) is 5.32 Å². The Morgan fingerprint density at radius 1 is 1.13 bits per heavy atom. The number of halogens is 1. The topological polar surface area (TPSA) is 64.6 Å². The zero-order valence-electron chi connectivity index (χ0n) is 15.1. The van der Waals surface area contributed by atoms with Crippen molar-refractivity contribution in [2.75, 3.05) is 6.07 Å². The Bertz CT molecular complexity index is 429. The van der Waals surface area contributed by atoms with Gasteiger partial charge in [-0.1, -0.05) is 32.4 Å². The highest BCUT2D eigenvalue weighted by atomic mass is 35.5. The van der Waals surface area contributed by atoms with Crippen molar-refractivity contribution in [3.63, 3.8) is 0 Å². The van der Waals surface area contributed by atoms with Gasteiger partial charge in [0, 0.05) is 0 Å². The van der Waals surface area contributed by atoms with Crippen molar-refractivity contribution in [1.29, 1.82) is 0 Å². The summed E-state index contributed by atoms with van der Waals surface area (Å²) in [6.07, 6.45) is 2.15. The van der Waals surface area contributed by atoms with Crippen LogP contribution < -0.4 is 5.32 Å². The lowest BCUT2D eigenvalue weighted by molar-refractivity contribution is -0.152. The van der Waals surface area contributed by atoms with Gasteiger partial charge in [0.15, 0.2) is 6.07 Å². The molecule has 0 heterocycles. The van der Waals surface area contributed by atoms with Crippen LogP contribution in [-0.2, 0) is 14.3 Å². The summed E-state index contributed by atoms with van der Waals surface area (Å²) in [7, 11) is 0. The van der Waals surface area contributed by atoms with Gasteiger partial charge >= 0.3 is 12.1 Å². The molecule has 1 aliphatic carbocycles. The Morgan fingerprint density at radius 2 is 1.65 bits per heavy atom. The molecule has 0 aromatic heterocycles. The number of rotatable bonds is 3. The van der Waals surface area contributed by atoms with Crippen LogP contribution in [-0.4, -0.2) is 29.3 Å². The standard InChI is InChI=1S/C17H30ClNO4/c1-15(2,3)12-7-9-17(10-8-12,13(20)22-11-18)19-14(21)23-16(4,5)6/h12H,7-11H2,1-6H3,(H,19,21). The van der Waals surface area contributed by atoms with Crippen molar-refractivity contribution in [3.05, 3.63) is 0 Å². The summed E-state index contributed by atoms with van der Waals surface area (Å²) >= 11 is 5.53. The minimum absolute atomic E-state index is 0.175. The molecule has 0 aliphatic heterocycles. The van der Waals surface area contributed by atoms with Crippen molar-refractivity contribution >= 4 is 23.7 Å². The largest absolute Gasteiger partial charge is 0.448 e. The van der Waals surface area contributed by atoms with Gasteiger partial charge in [-0.25, -0.2) is 9.59 Å². The van der Waals surface area contributed by atoms with Crippen LogP contribution in [0.3, 0.4) is 0 Å². The summed E-state index contributed by atoms with van der Waals surface area (Å²) in [5, 5.41) is 2.75. The zero-order chi connectivity index (χ0) is 17.9. The lowest BCUT2D eigenvalue weighted by atomic mass is 9.67. The lowest BCUT2D eigenvalue weighted by Gasteiger charge is -2.42. The van der Waals surface area contributed by atoms with Gasteiger partial charge in [-0.2, -0.15) is 0 Å². The molecule has 0 bridgehead atoms. The number of esters is 1. The Morgan fingerprint density at radius 3 is 2.04 bits per heavy atom. The van der Waals surface area contributed by atoms with Crippen molar-refractivity contribution < 1.29 is 19.1 Å². The van der Waals surface area contributed by atoms with Crippen molar-refractivity contribution in [3.8, 4) is 0 Å². The van der Waals surface area contributed by atoms with E-state index in [-0.39, 0.29) is 11.5 Å². The first-order valence-electron chi connectivity index (χ1n) is 8.14. The number of hydrogen-bond acceptors (Lipinski definition) is 4. The minimum atomic E-state index is -1.04. The highest BCUT2D eigenvalue weighted by Crippen LogP contribution is 2.42. The second-order valence-electron chi connectivity index (χ2n) is 8.39. The van der Waals surface area contributed by atoms with Gasteiger partial charge in [0.2, 0.25) is 0 Å². The minimum Gasteiger partial charge on any atom is -0.448 e. The van der Waals surface area contributed by atoms with E-state index in [0.717, 1.165) is 12.8 Å². The Hall–Kier alpha value is -0.970. The summed E-state index contributed by atoms with van der Waals surface area (Å²) in [5.74, 6) is 0.0191. The van der Waals surface area contributed by atoms with E-state index in [2.05, 4.69) is 26.1 Å². The first-order chi connectivity index (χ1) is 10.4. The summed E-state index contributed by atoms with van der Waals surface area (Å²) in [6.45, 7) is 11.9. The van der Waals surface area contributed by atoms with Crippen LogP contribution in [0.2, 0.25) is 0 Å².